The number of pyridine rings is 1. The van der Waals surface area contributed by atoms with Gasteiger partial charge in [0.15, 0.2) is 18.9 Å². The minimum absolute atomic E-state index is 0. The van der Waals surface area contributed by atoms with Gasteiger partial charge in [-0.05, 0) is 126 Å². The molecule has 3 nitrogen and oxygen atoms in total. The number of hydrogen-bond acceptors (Lipinski definition) is 2. The van der Waals surface area contributed by atoms with Crippen molar-refractivity contribution >= 4 is 0 Å². The number of aliphatic hydroxyl groups excluding tert-OH is 2. The van der Waals surface area contributed by atoms with Crippen molar-refractivity contribution in [2.45, 2.75) is 111 Å². The van der Waals surface area contributed by atoms with Gasteiger partial charge in [0.25, 0.3) is 0 Å². The van der Waals surface area contributed by atoms with Crippen LogP contribution in [-0.2, 0) is 6.54 Å². The Hall–Kier alpha value is -0.710. The molecule has 0 bridgehead atoms. The van der Waals surface area contributed by atoms with Gasteiger partial charge in [0.05, 0.1) is 6.10 Å². The number of aromatic nitrogens is 1. The molecule has 0 aliphatic heterocycles. The van der Waals surface area contributed by atoms with Crippen LogP contribution in [0.15, 0.2) is 42.7 Å². The molecule has 0 saturated heterocycles. The fraction of sp³-hybridized carbons (Fsp3) is 0.800. The summed E-state index contributed by atoms with van der Waals surface area (Å²) in [5.74, 6) is 3.06. The third kappa shape index (κ3) is 4.03. The number of fused-ring (bicyclic) bond motifs is 7. The summed E-state index contributed by atoms with van der Waals surface area (Å²) in [6.45, 7) is 18.6. The molecule has 5 fully saturated rings. The molecule has 1 aromatic rings. The molecular formula is C35H54BrNO2. The smallest absolute Gasteiger partial charge is 0.169 e. The average Bonchev–Trinajstić information content (AvgIpc) is 3.28. The van der Waals surface area contributed by atoms with Crippen molar-refractivity contribution in [2.75, 3.05) is 6.61 Å². The van der Waals surface area contributed by atoms with Crippen LogP contribution < -0.4 is 21.5 Å². The van der Waals surface area contributed by atoms with E-state index in [1.54, 1.807) is 0 Å². The molecule has 5 aliphatic carbocycles. The molecule has 1 aromatic heterocycles. The molecule has 4 heteroatoms. The van der Waals surface area contributed by atoms with Crippen LogP contribution in [0.3, 0.4) is 0 Å². The van der Waals surface area contributed by atoms with Gasteiger partial charge in [-0.1, -0.05) is 47.3 Å². The van der Waals surface area contributed by atoms with E-state index in [0.29, 0.717) is 46.5 Å². The second kappa shape index (κ2) is 9.94. The summed E-state index contributed by atoms with van der Waals surface area (Å²) in [6.07, 6.45) is 16.3. The van der Waals surface area contributed by atoms with E-state index in [0.717, 1.165) is 25.3 Å². The molecule has 0 aromatic carbocycles. The van der Waals surface area contributed by atoms with E-state index in [4.69, 9.17) is 6.58 Å². The second-order valence-corrected chi connectivity index (χ2v) is 15.9. The normalized spacial score (nSPS) is 48.1. The second-order valence-electron chi connectivity index (χ2n) is 15.9. The van der Waals surface area contributed by atoms with Gasteiger partial charge >= 0.3 is 0 Å². The van der Waals surface area contributed by atoms with Crippen LogP contribution in [0.1, 0.15) is 98.8 Å². The zero-order valence-corrected chi connectivity index (χ0v) is 26.8. The van der Waals surface area contributed by atoms with E-state index in [9.17, 15) is 10.2 Å². The topological polar surface area (TPSA) is 44.3 Å². The van der Waals surface area contributed by atoms with E-state index >= 15 is 0 Å². The first-order chi connectivity index (χ1) is 17.9. The van der Waals surface area contributed by atoms with Crippen LogP contribution in [-0.4, -0.2) is 22.9 Å². The Balaban J connectivity index is 0.00000308. The Labute approximate surface area is 248 Å². The Morgan fingerprint density at radius 2 is 1.54 bits per heavy atom. The molecule has 39 heavy (non-hydrogen) atoms. The Bertz CT molecular complexity index is 1070. The lowest BCUT2D eigenvalue weighted by atomic mass is 9.32. The Morgan fingerprint density at radius 1 is 0.821 bits per heavy atom. The van der Waals surface area contributed by atoms with Crippen LogP contribution in [0.25, 0.3) is 0 Å². The van der Waals surface area contributed by atoms with Gasteiger partial charge < -0.3 is 27.2 Å². The lowest BCUT2D eigenvalue weighted by Gasteiger charge is -2.73. The molecule has 0 spiro atoms. The largest absolute Gasteiger partial charge is 1.00 e. The Morgan fingerprint density at radius 3 is 2.23 bits per heavy atom. The van der Waals surface area contributed by atoms with Gasteiger partial charge in [0.2, 0.25) is 0 Å². The van der Waals surface area contributed by atoms with Crippen LogP contribution in [0.5, 0.6) is 0 Å². The molecule has 10 atom stereocenters. The van der Waals surface area contributed by atoms with E-state index in [1.807, 2.05) is 0 Å². The fourth-order valence-electron chi connectivity index (χ4n) is 12.3. The zero-order chi connectivity index (χ0) is 27.1. The van der Waals surface area contributed by atoms with Crippen molar-refractivity contribution in [3.63, 3.8) is 0 Å². The lowest BCUT2D eigenvalue weighted by molar-refractivity contribution is -0.689. The summed E-state index contributed by atoms with van der Waals surface area (Å²) < 4.78 is 2.28. The standard InChI is InChI=1S/C35H54NO2.BrH/c1-24(22-36-20-8-7-9-21-36)25-12-17-35(23-37)19-18-33(5)26(30(25)35)10-11-28-32(4)15-14-29(38)31(2,3)27(32)13-16-34(28,33)6;/h7-9,20-21,25-30,37-38H,1,10-19,22-23H2,2-6H3;1H/q+1;/p-1/t25-,26+,27-,28?,29?,30+,32-,33+,34+,35+;/m0./s1. The highest BCUT2D eigenvalue weighted by atomic mass is 79.9. The van der Waals surface area contributed by atoms with Gasteiger partial charge in [0.1, 0.15) is 0 Å². The number of rotatable bonds is 4. The third-order valence-corrected chi connectivity index (χ3v) is 14.6. The first-order valence-electron chi connectivity index (χ1n) is 15.8. The lowest BCUT2D eigenvalue weighted by Crippen LogP contribution is -3.00. The van der Waals surface area contributed by atoms with Gasteiger partial charge in [-0.25, -0.2) is 4.57 Å². The molecule has 5 saturated carbocycles. The number of halogens is 1. The van der Waals surface area contributed by atoms with Crippen molar-refractivity contribution in [3.8, 4) is 0 Å². The summed E-state index contributed by atoms with van der Waals surface area (Å²) in [5, 5.41) is 21.9. The van der Waals surface area contributed by atoms with Gasteiger partial charge in [-0.2, -0.15) is 0 Å². The fourth-order valence-corrected chi connectivity index (χ4v) is 12.3. The van der Waals surface area contributed by atoms with Crippen molar-refractivity contribution in [3.05, 3.63) is 42.7 Å². The van der Waals surface area contributed by atoms with Crippen LogP contribution in [0.4, 0.5) is 0 Å². The van der Waals surface area contributed by atoms with Gasteiger partial charge in [-0.3, -0.25) is 0 Å². The van der Waals surface area contributed by atoms with Gasteiger partial charge in [0, 0.05) is 18.7 Å². The molecule has 218 valence electrons. The Kier molecular flexibility index (Phi) is 7.59. The SMILES string of the molecule is C=C(C[n+]1ccccc1)[C@@H]1CC[C@]2(CO)CC[C@]3(C)[C@H](CCC4[C@@]5(C)CCC(O)C(C)(C)[C@@H]5CC[C@]43C)[C@@H]12.[Br-]. The maximum absolute atomic E-state index is 11.0. The van der Waals surface area contributed by atoms with Crippen molar-refractivity contribution in [2.24, 2.45) is 56.7 Å². The molecule has 0 amide bonds. The predicted octanol–water partition coefficient (Wildman–Crippen LogP) is 3.97. The van der Waals surface area contributed by atoms with Crippen molar-refractivity contribution < 1.29 is 31.8 Å². The number of hydrogen-bond donors (Lipinski definition) is 2. The van der Waals surface area contributed by atoms with Crippen molar-refractivity contribution in [1.82, 2.24) is 0 Å². The van der Waals surface area contributed by atoms with Crippen LogP contribution in [0, 0.1) is 56.7 Å². The number of aliphatic hydroxyl groups is 2. The molecular weight excluding hydrogens is 546 g/mol. The summed E-state index contributed by atoms with van der Waals surface area (Å²) in [5.41, 5.74) is 2.41. The predicted molar refractivity (Wildman–Crippen MR) is 153 cm³/mol. The van der Waals surface area contributed by atoms with E-state index < -0.39 is 0 Å². The maximum Gasteiger partial charge on any atom is 0.169 e. The quantitative estimate of drug-likeness (QED) is 0.406. The van der Waals surface area contributed by atoms with E-state index in [1.165, 1.54) is 56.9 Å². The zero-order valence-electron chi connectivity index (χ0n) is 25.3. The van der Waals surface area contributed by atoms with Crippen LogP contribution >= 0.6 is 0 Å². The molecule has 6 rings (SSSR count). The minimum Gasteiger partial charge on any atom is -1.00 e. The summed E-state index contributed by atoms with van der Waals surface area (Å²) in [4.78, 5) is 0. The molecule has 1 heterocycles. The molecule has 0 radical (unpaired) electrons. The van der Waals surface area contributed by atoms with Crippen LogP contribution in [0.2, 0.25) is 0 Å². The molecule has 2 unspecified atom stereocenters. The van der Waals surface area contributed by atoms with E-state index in [-0.39, 0.29) is 33.9 Å². The van der Waals surface area contributed by atoms with Crippen molar-refractivity contribution in [1.29, 1.82) is 0 Å². The third-order valence-electron chi connectivity index (χ3n) is 14.6. The monoisotopic (exact) mass is 599 g/mol. The summed E-state index contributed by atoms with van der Waals surface area (Å²) >= 11 is 0. The highest BCUT2D eigenvalue weighted by Crippen LogP contribution is 2.77. The number of nitrogens with zero attached hydrogens (tertiary/aromatic N) is 1. The highest BCUT2D eigenvalue weighted by molar-refractivity contribution is 5.21. The average molecular weight is 601 g/mol. The van der Waals surface area contributed by atoms with E-state index in [2.05, 4.69) is 69.8 Å². The van der Waals surface area contributed by atoms with Gasteiger partial charge in [-0.15, -0.1) is 0 Å². The minimum atomic E-state index is -0.163. The molecule has 2 N–H and O–H groups in total. The highest BCUT2D eigenvalue weighted by Gasteiger charge is 2.70. The first kappa shape index (κ1) is 29.8. The maximum atomic E-state index is 11.0. The molecule has 5 aliphatic rings. The summed E-state index contributed by atoms with van der Waals surface area (Å²) in [7, 11) is 0. The first-order valence-corrected chi connectivity index (χ1v) is 15.8. The number of allylic oxidation sites excluding steroid dienone is 1. The summed E-state index contributed by atoms with van der Waals surface area (Å²) in [6, 6.07) is 6.31.